The van der Waals surface area contributed by atoms with Gasteiger partial charge in [-0.25, -0.2) is 0 Å². The molecule has 0 atom stereocenters. The minimum atomic E-state index is -0.598. The number of nitrogens with one attached hydrogen (secondary N) is 2. The van der Waals surface area contributed by atoms with Gasteiger partial charge in [0.1, 0.15) is 0 Å². The largest absolute Gasteiger partial charge is 0.352 e. The molecule has 0 bridgehead atoms. The third-order valence-corrected chi connectivity index (χ3v) is 2.97. The van der Waals surface area contributed by atoms with Gasteiger partial charge in [0.15, 0.2) is 0 Å². The fraction of sp³-hybridized carbons (Fsp3) is 0.273. The van der Waals surface area contributed by atoms with Crippen LogP contribution in [-0.2, 0) is 16.1 Å². The van der Waals surface area contributed by atoms with Crippen molar-refractivity contribution in [3.8, 4) is 0 Å². The molecule has 5 heteroatoms. The van der Waals surface area contributed by atoms with Crippen molar-refractivity contribution in [2.45, 2.75) is 18.4 Å². The lowest BCUT2D eigenvalue weighted by Crippen LogP contribution is -2.19. The number of hydrogen-bond donors (Lipinski definition) is 1. The van der Waals surface area contributed by atoms with Gasteiger partial charge in [-0.2, -0.15) is 0 Å². The third kappa shape index (κ3) is 4.35. The normalized spacial score (nSPS) is 9.81. The fourth-order valence-electron chi connectivity index (χ4n) is 1.15. The molecule has 1 rings (SSSR count). The first-order chi connectivity index (χ1) is 7.59. The van der Waals surface area contributed by atoms with Gasteiger partial charge in [0.05, 0.1) is 5.75 Å². The maximum absolute atomic E-state index is 10.8. The minimum absolute atomic E-state index is 0.0867. The Morgan fingerprint density at radius 2 is 2.06 bits per heavy atom. The number of benzene rings is 1. The zero-order chi connectivity index (χ0) is 12.0. The van der Waals surface area contributed by atoms with Crippen molar-refractivity contribution in [1.82, 2.24) is 11.1 Å². The highest BCUT2D eigenvalue weighted by Gasteiger charge is 2.04. The van der Waals surface area contributed by atoms with Crippen molar-refractivity contribution < 1.29 is 9.59 Å². The summed E-state index contributed by atoms with van der Waals surface area (Å²) >= 11 is 1.32. The van der Waals surface area contributed by atoms with E-state index < -0.39 is 5.91 Å². The van der Waals surface area contributed by atoms with E-state index in [9.17, 15) is 9.59 Å². The van der Waals surface area contributed by atoms with Gasteiger partial charge in [0.2, 0.25) is 11.8 Å². The Morgan fingerprint density at radius 1 is 1.38 bits per heavy atom. The van der Waals surface area contributed by atoms with Crippen LogP contribution >= 0.6 is 11.8 Å². The van der Waals surface area contributed by atoms with Crippen molar-refractivity contribution in [1.29, 1.82) is 0 Å². The van der Waals surface area contributed by atoms with Crippen LogP contribution in [0.15, 0.2) is 29.2 Å². The van der Waals surface area contributed by atoms with Crippen LogP contribution in [0, 0.1) is 0 Å². The molecule has 0 unspecified atom stereocenters. The van der Waals surface area contributed by atoms with Gasteiger partial charge in [-0.3, -0.25) is 15.3 Å². The summed E-state index contributed by atoms with van der Waals surface area (Å²) in [5, 5.41) is 2.71. The molecule has 2 amide bonds. The molecule has 0 saturated heterocycles. The Bertz CT molecular complexity index is 356. The zero-order valence-electron chi connectivity index (χ0n) is 8.95. The Balaban J connectivity index is 2.67. The van der Waals surface area contributed by atoms with E-state index >= 15 is 0 Å². The lowest BCUT2D eigenvalue weighted by Gasteiger charge is -2.08. The second-order valence-electron chi connectivity index (χ2n) is 3.23. The second-order valence-corrected chi connectivity index (χ2v) is 4.25. The van der Waals surface area contributed by atoms with Crippen LogP contribution in [0.5, 0.6) is 0 Å². The Hall–Kier alpha value is -1.49. The van der Waals surface area contributed by atoms with Crippen LogP contribution in [0.25, 0.3) is 0 Å². The van der Waals surface area contributed by atoms with Crippen molar-refractivity contribution in [2.75, 3.05) is 5.75 Å². The third-order valence-electron chi connectivity index (χ3n) is 1.86. The van der Waals surface area contributed by atoms with Gasteiger partial charge < -0.3 is 5.32 Å². The molecular weight excluding hydrogens is 224 g/mol. The molecule has 0 aliphatic rings. The highest BCUT2D eigenvalue weighted by atomic mass is 32.2. The van der Waals surface area contributed by atoms with Crippen molar-refractivity contribution in [3.05, 3.63) is 29.8 Å². The van der Waals surface area contributed by atoms with Crippen LogP contribution in [0.4, 0.5) is 0 Å². The molecule has 85 valence electrons. The SMILES string of the molecule is CC(=O)NCc1ccccc1SCC([NH])=O. The van der Waals surface area contributed by atoms with Crippen molar-refractivity contribution in [2.24, 2.45) is 0 Å². The molecular formula is C11H13N2O2S. The lowest BCUT2D eigenvalue weighted by atomic mass is 10.2. The van der Waals surface area contributed by atoms with Gasteiger partial charge in [-0.05, 0) is 11.6 Å². The summed E-state index contributed by atoms with van der Waals surface area (Å²) in [6.45, 7) is 1.91. The summed E-state index contributed by atoms with van der Waals surface area (Å²) in [6, 6.07) is 7.52. The van der Waals surface area contributed by atoms with Crippen LogP contribution < -0.4 is 11.1 Å². The van der Waals surface area contributed by atoms with Gasteiger partial charge >= 0.3 is 0 Å². The number of thioether (sulfide) groups is 1. The molecule has 0 heterocycles. The van der Waals surface area contributed by atoms with E-state index in [1.165, 1.54) is 18.7 Å². The van der Waals surface area contributed by atoms with E-state index in [0.717, 1.165) is 10.5 Å². The van der Waals surface area contributed by atoms with E-state index in [2.05, 4.69) is 5.32 Å². The van der Waals surface area contributed by atoms with Gasteiger partial charge in [0, 0.05) is 18.4 Å². The molecule has 2 N–H and O–H groups in total. The molecule has 4 nitrogen and oxygen atoms in total. The molecule has 1 aromatic carbocycles. The first kappa shape index (κ1) is 12.6. The van der Waals surface area contributed by atoms with Crippen LogP contribution in [0.2, 0.25) is 0 Å². The Labute approximate surface area is 98.6 Å². The summed E-state index contributed by atoms with van der Waals surface area (Å²) in [4.78, 5) is 22.3. The second kappa shape index (κ2) is 6.17. The first-order valence-electron chi connectivity index (χ1n) is 4.79. The topological polar surface area (TPSA) is 70.0 Å². The maximum Gasteiger partial charge on any atom is 0.248 e. The smallest absolute Gasteiger partial charge is 0.248 e. The summed E-state index contributed by atoms with van der Waals surface area (Å²) in [6.07, 6.45) is 0. The first-order valence-corrected chi connectivity index (χ1v) is 5.77. The van der Waals surface area contributed by atoms with E-state index in [0.29, 0.717) is 6.54 Å². The van der Waals surface area contributed by atoms with Gasteiger partial charge in [-0.1, -0.05) is 18.2 Å². The maximum atomic E-state index is 10.8. The monoisotopic (exact) mass is 237 g/mol. The minimum Gasteiger partial charge on any atom is -0.352 e. The summed E-state index contributed by atoms with van der Waals surface area (Å²) in [5.74, 6) is -0.549. The number of rotatable bonds is 5. The molecule has 0 aromatic heterocycles. The zero-order valence-corrected chi connectivity index (χ0v) is 9.76. The standard InChI is InChI=1S/C11H13N2O2S/c1-8(14)13-6-9-4-2-3-5-10(9)16-7-11(12)15/h2-5,12H,6-7H2,1H3,(H,13,14). The highest BCUT2D eigenvalue weighted by molar-refractivity contribution is 8.00. The average Bonchev–Trinajstić information content (AvgIpc) is 2.24. The predicted molar refractivity (Wildman–Crippen MR) is 62.8 cm³/mol. The van der Waals surface area contributed by atoms with Gasteiger partial charge in [0.25, 0.3) is 0 Å². The summed E-state index contributed by atoms with van der Waals surface area (Å²) < 4.78 is 0. The molecule has 0 spiro atoms. The predicted octanol–water partition coefficient (Wildman–Crippen LogP) is 1.22. The average molecular weight is 237 g/mol. The molecule has 0 saturated carbocycles. The Kier molecular flexibility index (Phi) is 4.85. The number of carbonyl (C=O) groups excluding carboxylic acids is 2. The van der Waals surface area contributed by atoms with Crippen LogP contribution in [0.1, 0.15) is 12.5 Å². The van der Waals surface area contributed by atoms with E-state index in [-0.39, 0.29) is 11.7 Å². The molecule has 1 radical (unpaired) electrons. The summed E-state index contributed by atoms with van der Waals surface area (Å²) in [5.41, 5.74) is 7.80. The fourth-order valence-corrected chi connectivity index (χ4v) is 1.94. The van der Waals surface area contributed by atoms with E-state index in [1.807, 2.05) is 24.3 Å². The van der Waals surface area contributed by atoms with Crippen LogP contribution in [-0.4, -0.2) is 17.6 Å². The highest BCUT2D eigenvalue weighted by Crippen LogP contribution is 2.22. The molecule has 0 aliphatic carbocycles. The van der Waals surface area contributed by atoms with Crippen molar-refractivity contribution >= 4 is 23.6 Å². The number of amides is 2. The quantitative estimate of drug-likeness (QED) is 0.783. The molecule has 1 aromatic rings. The molecule has 0 fully saturated rings. The summed E-state index contributed by atoms with van der Waals surface area (Å²) in [7, 11) is 0. The van der Waals surface area contributed by atoms with Crippen molar-refractivity contribution in [3.63, 3.8) is 0 Å². The van der Waals surface area contributed by atoms with E-state index in [4.69, 9.17) is 5.73 Å². The number of hydrogen-bond acceptors (Lipinski definition) is 3. The number of carbonyl (C=O) groups is 2. The van der Waals surface area contributed by atoms with Gasteiger partial charge in [-0.15, -0.1) is 11.8 Å². The van der Waals surface area contributed by atoms with E-state index in [1.54, 1.807) is 0 Å². The lowest BCUT2D eigenvalue weighted by molar-refractivity contribution is -0.119. The molecule has 16 heavy (non-hydrogen) atoms. The molecule has 0 aliphatic heterocycles. The Morgan fingerprint density at radius 3 is 2.69 bits per heavy atom. The van der Waals surface area contributed by atoms with Crippen LogP contribution in [0.3, 0.4) is 0 Å².